The summed E-state index contributed by atoms with van der Waals surface area (Å²) in [5.41, 5.74) is 0. The minimum Gasteiger partial charge on any atom is -0.497 e. The first-order valence-electron chi connectivity index (χ1n) is 3.72. The molecule has 0 aromatic heterocycles. The van der Waals surface area contributed by atoms with Crippen LogP contribution in [-0.2, 0) is 0 Å². The molecule has 0 atom stereocenters. The molecular weight excluding hydrogens is 223 g/mol. The lowest BCUT2D eigenvalue weighted by atomic mass is 10.3. The molecule has 0 N–H and O–H groups in total. The van der Waals surface area contributed by atoms with E-state index in [-0.39, 0.29) is 5.82 Å². The summed E-state index contributed by atoms with van der Waals surface area (Å²) in [7, 11) is 1.50. The van der Waals surface area contributed by atoms with Crippen LogP contribution in [0.3, 0.4) is 0 Å². The van der Waals surface area contributed by atoms with Gasteiger partial charge in [0.15, 0.2) is 0 Å². The van der Waals surface area contributed by atoms with Crippen LogP contribution in [0.4, 0.5) is 4.39 Å². The third kappa shape index (κ3) is 3.72. The van der Waals surface area contributed by atoms with Crippen LogP contribution in [0.1, 0.15) is 13.8 Å². The zero-order valence-electron chi connectivity index (χ0n) is 7.40. The highest BCUT2D eigenvalue weighted by molar-refractivity contribution is 9.10. The maximum absolute atomic E-state index is 12.5. The Labute approximate surface area is 80.7 Å². The lowest BCUT2D eigenvalue weighted by Crippen LogP contribution is -1.83. The monoisotopic (exact) mass is 234 g/mol. The smallest absolute Gasteiger partial charge is 0.128 e. The van der Waals surface area contributed by atoms with E-state index < -0.39 is 0 Å². The predicted octanol–water partition coefficient (Wildman–Crippen LogP) is 3.62. The van der Waals surface area contributed by atoms with E-state index in [1.165, 1.54) is 19.2 Å². The van der Waals surface area contributed by atoms with Crippen molar-refractivity contribution in [3.8, 4) is 5.75 Å². The Morgan fingerprint density at radius 2 is 1.83 bits per heavy atom. The molecule has 1 aromatic carbocycles. The summed E-state index contributed by atoms with van der Waals surface area (Å²) in [6.45, 7) is 4.00. The first kappa shape index (κ1) is 11.4. The molecule has 0 spiro atoms. The summed E-state index contributed by atoms with van der Waals surface area (Å²) in [5, 5.41) is 0. The zero-order chi connectivity index (χ0) is 9.56. The lowest BCUT2D eigenvalue weighted by molar-refractivity contribution is 0.411. The van der Waals surface area contributed by atoms with Gasteiger partial charge in [0.25, 0.3) is 0 Å². The van der Waals surface area contributed by atoms with E-state index in [1.54, 1.807) is 6.07 Å². The van der Waals surface area contributed by atoms with Crippen LogP contribution >= 0.6 is 15.9 Å². The molecule has 0 bridgehead atoms. The van der Waals surface area contributed by atoms with Gasteiger partial charge in [0, 0.05) is 10.5 Å². The molecule has 0 saturated carbocycles. The number of hydrogen-bond acceptors (Lipinski definition) is 1. The van der Waals surface area contributed by atoms with Gasteiger partial charge in [-0.25, -0.2) is 4.39 Å². The van der Waals surface area contributed by atoms with Crippen LogP contribution < -0.4 is 4.74 Å². The normalized spacial score (nSPS) is 8.42. The molecule has 0 unspecified atom stereocenters. The van der Waals surface area contributed by atoms with Crippen LogP contribution in [0, 0.1) is 5.82 Å². The molecule has 0 aliphatic heterocycles. The van der Waals surface area contributed by atoms with Crippen LogP contribution in [0.2, 0.25) is 0 Å². The second kappa shape index (κ2) is 6.00. The molecule has 0 saturated heterocycles. The Hall–Kier alpha value is -0.570. The van der Waals surface area contributed by atoms with Gasteiger partial charge in [-0.1, -0.05) is 29.8 Å². The van der Waals surface area contributed by atoms with E-state index in [4.69, 9.17) is 4.74 Å². The second-order valence-corrected chi connectivity index (χ2v) is 2.72. The van der Waals surface area contributed by atoms with E-state index in [0.29, 0.717) is 10.2 Å². The third-order valence-electron chi connectivity index (χ3n) is 1.07. The van der Waals surface area contributed by atoms with Crippen molar-refractivity contribution < 1.29 is 9.13 Å². The van der Waals surface area contributed by atoms with Crippen LogP contribution in [0.5, 0.6) is 5.75 Å². The predicted molar refractivity (Wildman–Crippen MR) is 52.0 cm³/mol. The Bertz CT molecular complexity index is 218. The topological polar surface area (TPSA) is 9.23 Å². The van der Waals surface area contributed by atoms with Crippen LogP contribution in [-0.4, -0.2) is 7.11 Å². The molecule has 12 heavy (non-hydrogen) atoms. The fraction of sp³-hybridized carbons (Fsp3) is 0.333. The van der Waals surface area contributed by atoms with Crippen molar-refractivity contribution in [2.75, 3.05) is 7.11 Å². The molecule has 1 rings (SSSR count). The highest BCUT2D eigenvalue weighted by Gasteiger charge is 1.96. The minimum absolute atomic E-state index is 0.300. The van der Waals surface area contributed by atoms with Gasteiger partial charge in [-0.2, -0.15) is 0 Å². The fourth-order valence-corrected chi connectivity index (χ4v) is 1.09. The zero-order valence-corrected chi connectivity index (χ0v) is 8.98. The van der Waals surface area contributed by atoms with Crippen LogP contribution in [0.15, 0.2) is 22.7 Å². The number of methoxy groups -OCH3 is 1. The first-order chi connectivity index (χ1) is 5.72. The quantitative estimate of drug-likeness (QED) is 0.722. The molecule has 68 valence electrons. The molecular formula is C9H12BrFO. The number of ether oxygens (including phenoxy) is 1. The fourth-order valence-electron chi connectivity index (χ4n) is 0.646. The van der Waals surface area contributed by atoms with Gasteiger partial charge in [-0.3, -0.25) is 0 Å². The van der Waals surface area contributed by atoms with E-state index in [0.717, 1.165) is 0 Å². The van der Waals surface area contributed by atoms with Gasteiger partial charge in [-0.15, -0.1) is 0 Å². The molecule has 0 heterocycles. The van der Waals surface area contributed by atoms with E-state index in [9.17, 15) is 4.39 Å². The Kier molecular flexibility index (Phi) is 5.72. The maximum Gasteiger partial charge on any atom is 0.128 e. The van der Waals surface area contributed by atoms with E-state index in [2.05, 4.69) is 15.9 Å². The molecule has 1 aromatic rings. The van der Waals surface area contributed by atoms with Gasteiger partial charge in [0.1, 0.15) is 11.6 Å². The van der Waals surface area contributed by atoms with E-state index >= 15 is 0 Å². The van der Waals surface area contributed by atoms with Gasteiger partial charge in [0.05, 0.1) is 7.11 Å². The van der Waals surface area contributed by atoms with Gasteiger partial charge >= 0.3 is 0 Å². The third-order valence-corrected chi connectivity index (χ3v) is 1.53. The molecule has 0 radical (unpaired) electrons. The van der Waals surface area contributed by atoms with Crippen molar-refractivity contribution in [3.63, 3.8) is 0 Å². The largest absolute Gasteiger partial charge is 0.497 e. The highest BCUT2D eigenvalue weighted by Crippen LogP contribution is 2.19. The standard InChI is InChI=1S/C7H6BrFO.C2H6/c1-10-7-3-5(8)2-6(9)4-7;1-2/h2-4H,1H3;1-2H3. The van der Waals surface area contributed by atoms with Gasteiger partial charge in [0.2, 0.25) is 0 Å². The second-order valence-electron chi connectivity index (χ2n) is 1.81. The number of hydrogen-bond donors (Lipinski definition) is 0. The molecule has 0 aliphatic carbocycles. The molecule has 0 aliphatic rings. The Balaban J connectivity index is 0.000000561. The lowest BCUT2D eigenvalue weighted by Gasteiger charge is -1.98. The van der Waals surface area contributed by atoms with Crippen LogP contribution in [0.25, 0.3) is 0 Å². The summed E-state index contributed by atoms with van der Waals surface area (Å²) in [6.07, 6.45) is 0. The number of halogens is 2. The van der Waals surface area contributed by atoms with Gasteiger partial charge in [-0.05, 0) is 12.1 Å². The van der Waals surface area contributed by atoms with E-state index in [1.807, 2.05) is 13.8 Å². The summed E-state index contributed by atoms with van der Waals surface area (Å²) in [5.74, 6) is 0.220. The summed E-state index contributed by atoms with van der Waals surface area (Å²) < 4.78 is 18.0. The van der Waals surface area contributed by atoms with Crippen molar-refractivity contribution in [2.24, 2.45) is 0 Å². The average molecular weight is 235 g/mol. The summed E-state index contributed by atoms with van der Waals surface area (Å²) >= 11 is 3.13. The SMILES string of the molecule is CC.COc1cc(F)cc(Br)c1. The molecule has 1 nitrogen and oxygen atoms in total. The first-order valence-corrected chi connectivity index (χ1v) is 4.52. The highest BCUT2D eigenvalue weighted by atomic mass is 79.9. The van der Waals surface area contributed by atoms with Crippen molar-refractivity contribution in [3.05, 3.63) is 28.5 Å². The molecule has 0 amide bonds. The van der Waals surface area contributed by atoms with Crippen molar-refractivity contribution >= 4 is 15.9 Å². The minimum atomic E-state index is -0.300. The van der Waals surface area contributed by atoms with Gasteiger partial charge < -0.3 is 4.74 Å². The average Bonchev–Trinajstić information content (AvgIpc) is 2.06. The number of benzene rings is 1. The summed E-state index contributed by atoms with van der Waals surface area (Å²) in [4.78, 5) is 0. The van der Waals surface area contributed by atoms with Crippen molar-refractivity contribution in [1.82, 2.24) is 0 Å². The maximum atomic E-state index is 12.5. The Morgan fingerprint density at radius 1 is 1.25 bits per heavy atom. The number of rotatable bonds is 1. The molecule has 0 fully saturated rings. The molecule has 3 heteroatoms. The van der Waals surface area contributed by atoms with Crippen molar-refractivity contribution in [1.29, 1.82) is 0 Å². The van der Waals surface area contributed by atoms with Crippen molar-refractivity contribution in [2.45, 2.75) is 13.8 Å². The Morgan fingerprint density at radius 3 is 2.25 bits per heavy atom. The summed E-state index contributed by atoms with van der Waals surface area (Å²) in [6, 6.07) is 4.40.